The number of aromatic nitrogens is 1. The Bertz CT molecular complexity index is 923. The van der Waals surface area contributed by atoms with Gasteiger partial charge in [0.25, 0.3) is 0 Å². The molecule has 0 saturated carbocycles. The van der Waals surface area contributed by atoms with Gasteiger partial charge in [0.1, 0.15) is 5.75 Å². The monoisotopic (exact) mass is 359 g/mol. The van der Waals surface area contributed by atoms with Crippen LogP contribution in [0.15, 0.2) is 60.8 Å². The van der Waals surface area contributed by atoms with E-state index in [-0.39, 0.29) is 6.61 Å². The molecule has 0 saturated heterocycles. The third kappa shape index (κ3) is 3.70. The second-order valence-corrected chi connectivity index (χ2v) is 5.69. The van der Waals surface area contributed by atoms with Gasteiger partial charge >= 0.3 is 6.18 Å². The Morgan fingerprint density at radius 3 is 2.42 bits per heavy atom. The maximum absolute atomic E-state index is 13.0. The first-order chi connectivity index (χ1) is 12.4. The van der Waals surface area contributed by atoms with Gasteiger partial charge in [-0.25, -0.2) is 0 Å². The number of methoxy groups -OCH3 is 1. The maximum Gasteiger partial charge on any atom is 0.416 e. The number of ether oxygens (including phenoxy) is 1. The second-order valence-electron chi connectivity index (χ2n) is 5.69. The van der Waals surface area contributed by atoms with Gasteiger partial charge in [0.15, 0.2) is 0 Å². The first-order valence-corrected chi connectivity index (χ1v) is 7.84. The summed E-state index contributed by atoms with van der Waals surface area (Å²) >= 11 is 0. The second kappa shape index (κ2) is 7.17. The molecule has 0 amide bonds. The molecule has 0 fully saturated rings. The molecule has 0 aliphatic rings. The molecule has 3 aromatic rings. The van der Waals surface area contributed by atoms with Crippen molar-refractivity contribution in [1.29, 1.82) is 0 Å². The lowest BCUT2D eigenvalue weighted by Gasteiger charge is -2.13. The molecule has 1 N–H and O–H groups in total. The zero-order valence-electron chi connectivity index (χ0n) is 13.9. The van der Waals surface area contributed by atoms with Crippen LogP contribution >= 0.6 is 0 Å². The van der Waals surface area contributed by atoms with Crippen LogP contribution in [0.25, 0.3) is 22.3 Å². The van der Waals surface area contributed by atoms with Crippen LogP contribution in [0.3, 0.4) is 0 Å². The van der Waals surface area contributed by atoms with Crippen LogP contribution in [0.2, 0.25) is 0 Å². The van der Waals surface area contributed by atoms with Gasteiger partial charge in [0, 0.05) is 11.8 Å². The van der Waals surface area contributed by atoms with Crippen molar-refractivity contribution in [3.05, 3.63) is 72.1 Å². The average Bonchev–Trinajstić information content (AvgIpc) is 2.67. The van der Waals surface area contributed by atoms with E-state index in [9.17, 15) is 18.3 Å². The van der Waals surface area contributed by atoms with Crippen molar-refractivity contribution in [3.63, 3.8) is 0 Å². The predicted octanol–water partition coefficient (Wildman–Crippen LogP) is 4.94. The summed E-state index contributed by atoms with van der Waals surface area (Å²) in [4.78, 5) is 4.04. The summed E-state index contributed by atoms with van der Waals surface area (Å²) in [5, 5.41) is 9.27. The van der Waals surface area contributed by atoms with Gasteiger partial charge < -0.3 is 9.84 Å². The molecule has 134 valence electrons. The number of pyridine rings is 1. The number of aliphatic hydroxyl groups is 1. The quantitative estimate of drug-likeness (QED) is 0.718. The van der Waals surface area contributed by atoms with E-state index in [0.29, 0.717) is 28.1 Å². The van der Waals surface area contributed by atoms with Crippen molar-refractivity contribution in [2.75, 3.05) is 7.11 Å². The molecule has 6 heteroatoms. The maximum atomic E-state index is 13.0. The molecule has 0 bridgehead atoms. The van der Waals surface area contributed by atoms with E-state index in [2.05, 4.69) is 4.98 Å². The molecule has 0 aliphatic carbocycles. The van der Waals surface area contributed by atoms with Gasteiger partial charge in [-0.1, -0.05) is 18.2 Å². The Kier molecular flexibility index (Phi) is 4.95. The molecule has 0 unspecified atom stereocenters. The predicted molar refractivity (Wildman–Crippen MR) is 92.6 cm³/mol. The molecule has 0 atom stereocenters. The van der Waals surface area contributed by atoms with Crippen LogP contribution in [0.4, 0.5) is 13.2 Å². The molecular formula is C20H16F3NO2. The molecular weight excluding hydrogens is 343 g/mol. The molecule has 3 rings (SSSR count). The van der Waals surface area contributed by atoms with E-state index in [0.717, 1.165) is 17.7 Å². The summed E-state index contributed by atoms with van der Waals surface area (Å²) in [6.07, 6.45) is -2.83. The molecule has 2 aromatic carbocycles. The number of hydrogen-bond acceptors (Lipinski definition) is 3. The number of rotatable bonds is 4. The summed E-state index contributed by atoms with van der Waals surface area (Å²) in [5.41, 5.74) is 2.36. The Labute approximate surface area is 148 Å². The highest BCUT2D eigenvalue weighted by Crippen LogP contribution is 2.36. The lowest BCUT2D eigenvalue weighted by molar-refractivity contribution is -0.137. The lowest BCUT2D eigenvalue weighted by atomic mass is 9.97. The minimum atomic E-state index is -4.40. The van der Waals surface area contributed by atoms with Crippen molar-refractivity contribution in [3.8, 4) is 28.0 Å². The largest absolute Gasteiger partial charge is 0.496 e. The van der Waals surface area contributed by atoms with Gasteiger partial charge in [-0.3, -0.25) is 4.98 Å². The normalized spacial score (nSPS) is 11.4. The number of halogens is 3. The molecule has 26 heavy (non-hydrogen) atoms. The van der Waals surface area contributed by atoms with E-state index >= 15 is 0 Å². The van der Waals surface area contributed by atoms with Crippen molar-refractivity contribution in [2.45, 2.75) is 12.8 Å². The van der Waals surface area contributed by atoms with E-state index < -0.39 is 11.7 Å². The summed E-state index contributed by atoms with van der Waals surface area (Å²) in [6.45, 7) is -0.205. The summed E-state index contributed by atoms with van der Waals surface area (Å²) in [7, 11) is 1.52. The number of nitrogens with zero attached hydrogens (tertiary/aromatic N) is 1. The fourth-order valence-electron chi connectivity index (χ4n) is 2.72. The van der Waals surface area contributed by atoms with Crippen LogP contribution in [0.1, 0.15) is 11.3 Å². The van der Waals surface area contributed by atoms with Crippen LogP contribution in [0.5, 0.6) is 5.75 Å². The van der Waals surface area contributed by atoms with Gasteiger partial charge in [-0.05, 0) is 53.1 Å². The van der Waals surface area contributed by atoms with Gasteiger partial charge in [0.2, 0.25) is 0 Å². The molecule has 0 spiro atoms. The number of alkyl halides is 3. The Morgan fingerprint density at radius 2 is 1.73 bits per heavy atom. The Balaban J connectivity index is 2.11. The van der Waals surface area contributed by atoms with Crippen LogP contribution in [-0.4, -0.2) is 17.2 Å². The molecule has 0 radical (unpaired) electrons. The van der Waals surface area contributed by atoms with Gasteiger partial charge in [-0.15, -0.1) is 0 Å². The minimum Gasteiger partial charge on any atom is -0.496 e. The molecule has 3 nitrogen and oxygen atoms in total. The number of hydrogen-bond donors (Lipinski definition) is 1. The SMILES string of the molecule is COc1ccc(-c2cccc(C(F)(F)F)c2)cc1-c1ccnc(CO)c1. The van der Waals surface area contributed by atoms with E-state index in [1.54, 1.807) is 42.6 Å². The van der Waals surface area contributed by atoms with Crippen LogP contribution in [-0.2, 0) is 12.8 Å². The first-order valence-electron chi connectivity index (χ1n) is 7.84. The highest BCUT2D eigenvalue weighted by atomic mass is 19.4. The fraction of sp³-hybridized carbons (Fsp3) is 0.150. The Morgan fingerprint density at radius 1 is 0.962 bits per heavy atom. The zero-order valence-corrected chi connectivity index (χ0v) is 13.9. The highest BCUT2D eigenvalue weighted by molar-refractivity contribution is 5.78. The van der Waals surface area contributed by atoms with Crippen LogP contribution < -0.4 is 4.74 Å². The third-order valence-corrected chi connectivity index (χ3v) is 4.01. The lowest BCUT2D eigenvalue weighted by Crippen LogP contribution is -2.04. The minimum absolute atomic E-state index is 0.205. The van der Waals surface area contributed by atoms with Crippen LogP contribution in [0, 0.1) is 0 Å². The third-order valence-electron chi connectivity index (χ3n) is 4.01. The summed E-state index contributed by atoms with van der Waals surface area (Å²) in [5.74, 6) is 0.579. The Hall–Kier alpha value is -2.86. The zero-order chi connectivity index (χ0) is 18.7. The molecule has 0 aliphatic heterocycles. The standard InChI is InChI=1S/C20H16F3NO2/c1-26-19-6-5-14(13-3-2-4-16(9-13)20(21,22)23)11-18(19)15-7-8-24-17(10-15)12-25/h2-11,25H,12H2,1H3. The van der Waals surface area contributed by atoms with E-state index in [1.165, 1.54) is 13.2 Å². The van der Waals surface area contributed by atoms with E-state index in [1.807, 2.05) is 0 Å². The van der Waals surface area contributed by atoms with Crippen molar-refractivity contribution in [1.82, 2.24) is 4.98 Å². The average molecular weight is 359 g/mol. The molecule has 1 aromatic heterocycles. The fourth-order valence-corrected chi connectivity index (χ4v) is 2.72. The van der Waals surface area contributed by atoms with Crippen molar-refractivity contribution in [2.24, 2.45) is 0 Å². The molecule has 1 heterocycles. The smallest absolute Gasteiger partial charge is 0.416 e. The topological polar surface area (TPSA) is 42.4 Å². The van der Waals surface area contributed by atoms with Crippen molar-refractivity contribution < 1.29 is 23.0 Å². The van der Waals surface area contributed by atoms with E-state index in [4.69, 9.17) is 4.74 Å². The van der Waals surface area contributed by atoms with Gasteiger partial charge in [0.05, 0.1) is 25.0 Å². The number of aliphatic hydroxyl groups excluding tert-OH is 1. The summed E-state index contributed by atoms with van der Waals surface area (Å²) < 4.78 is 44.3. The van der Waals surface area contributed by atoms with Crippen molar-refractivity contribution >= 4 is 0 Å². The summed E-state index contributed by atoms with van der Waals surface area (Å²) in [6, 6.07) is 13.9. The highest BCUT2D eigenvalue weighted by Gasteiger charge is 2.30. The number of benzene rings is 2. The van der Waals surface area contributed by atoms with Gasteiger partial charge in [-0.2, -0.15) is 13.2 Å². The first kappa shape index (κ1) is 17.9.